The zero-order valence-electron chi connectivity index (χ0n) is 12.1. The van der Waals surface area contributed by atoms with E-state index in [2.05, 4.69) is 9.97 Å². The number of aromatic nitrogens is 2. The minimum absolute atomic E-state index is 0.00532. The van der Waals surface area contributed by atoms with E-state index in [1.807, 2.05) is 20.8 Å². The first kappa shape index (κ1) is 14.3. The van der Waals surface area contributed by atoms with Crippen LogP contribution in [0.4, 0.5) is 0 Å². The molecular formula is C16H20N2O2. The average molecular weight is 272 g/mol. The van der Waals surface area contributed by atoms with Gasteiger partial charge in [0.05, 0.1) is 0 Å². The molecule has 0 spiro atoms. The Morgan fingerprint density at radius 1 is 1.10 bits per heavy atom. The van der Waals surface area contributed by atoms with Gasteiger partial charge >= 0.3 is 0 Å². The van der Waals surface area contributed by atoms with Gasteiger partial charge in [0, 0.05) is 53.5 Å². The maximum absolute atomic E-state index is 12.0. The molecule has 0 aliphatic heterocycles. The average Bonchev–Trinajstić information content (AvgIpc) is 2.38. The van der Waals surface area contributed by atoms with Crippen LogP contribution in [0.5, 0.6) is 0 Å². The molecule has 2 aromatic rings. The fourth-order valence-electron chi connectivity index (χ4n) is 2.28. The van der Waals surface area contributed by atoms with Gasteiger partial charge in [0.25, 0.3) is 0 Å². The van der Waals surface area contributed by atoms with E-state index in [0.29, 0.717) is 6.42 Å². The third-order valence-corrected chi connectivity index (χ3v) is 3.48. The standard InChI is InChI=1S/C16H20N2O2/c1-10(2)14-9-18-12(7-16(14)20)6-11(3)15-8-13(19)4-5-17-15/h4-5,7-11H,6H2,1-3H3,(H,17,19)(H,18,20). The van der Waals surface area contributed by atoms with Gasteiger partial charge in [-0.25, -0.2) is 0 Å². The SMILES string of the molecule is CC(C)c1c[nH]c(CC(C)c2cc(=O)cc[nH]2)cc1=O. The van der Waals surface area contributed by atoms with Crippen molar-refractivity contribution >= 4 is 0 Å². The van der Waals surface area contributed by atoms with Crippen molar-refractivity contribution in [2.75, 3.05) is 0 Å². The molecule has 2 aromatic heterocycles. The monoisotopic (exact) mass is 272 g/mol. The summed E-state index contributed by atoms with van der Waals surface area (Å²) in [5.74, 6) is 0.361. The molecule has 4 heteroatoms. The lowest BCUT2D eigenvalue weighted by molar-refractivity contribution is 0.710. The summed E-state index contributed by atoms with van der Waals surface area (Å²) in [6.45, 7) is 6.03. The summed E-state index contributed by atoms with van der Waals surface area (Å²) in [5, 5.41) is 0. The van der Waals surface area contributed by atoms with Gasteiger partial charge in [0.2, 0.25) is 0 Å². The predicted octanol–water partition coefficient (Wildman–Crippen LogP) is 2.53. The van der Waals surface area contributed by atoms with Crippen LogP contribution in [0.1, 0.15) is 49.6 Å². The third kappa shape index (κ3) is 3.26. The number of nitrogens with one attached hydrogen (secondary N) is 2. The number of rotatable bonds is 4. The highest BCUT2D eigenvalue weighted by Gasteiger charge is 2.10. The molecule has 4 nitrogen and oxygen atoms in total. The second-order valence-corrected chi connectivity index (χ2v) is 5.52. The molecule has 2 rings (SSSR count). The predicted molar refractivity (Wildman–Crippen MR) is 80.3 cm³/mol. The zero-order chi connectivity index (χ0) is 14.7. The van der Waals surface area contributed by atoms with Gasteiger partial charge in [0.15, 0.2) is 10.9 Å². The Morgan fingerprint density at radius 2 is 1.85 bits per heavy atom. The molecule has 0 fully saturated rings. The van der Waals surface area contributed by atoms with Crippen LogP contribution in [0.15, 0.2) is 40.2 Å². The Balaban J connectivity index is 2.20. The summed E-state index contributed by atoms with van der Waals surface area (Å²) in [6.07, 6.45) is 4.13. The van der Waals surface area contributed by atoms with Crippen LogP contribution < -0.4 is 10.9 Å². The van der Waals surface area contributed by atoms with Gasteiger partial charge in [-0.15, -0.1) is 0 Å². The molecule has 1 unspecified atom stereocenters. The third-order valence-electron chi connectivity index (χ3n) is 3.48. The number of hydrogen-bond acceptors (Lipinski definition) is 2. The smallest absolute Gasteiger partial charge is 0.185 e. The van der Waals surface area contributed by atoms with Gasteiger partial charge in [-0.2, -0.15) is 0 Å². The van der Waals surface area contributed by atoms with Crippen molar-refractivity contribution in [1.29, 1.82) is 0 Å². The summed E-state index contributed by atoms with van der Waals surface area (Å²) >= 11 is 0. The lowest BCUT2D eigenvalue weighted by Crippen LogP contribution is -2.13. The second-order valence-electron chi connectivity index (χ2n) is 5.52. The zero-order valence-corrected chi connectivity index (χ0v) is 12.1. The molecule has 0 radical (unpaired) electrons. The van der Waals surface area contributed by atoms with Gasteiger partial charge in [0.1, 0.15) is 0 Å². The first-order valence-electron chi connectivity index (χ1n) is 6.87. The first-order valence-corrected chi connectivity index (χ1v) is 6.87. The lowest BCUT2D eigenvalue weighted by atomic mass is 9.99. The Labute approximate surface area is 117 Å². The van der Waals surface area contributed by atoms with Crippen molar-refractivity contribution in [1.82, 2.24) is 9.97 Å². The Morgan fingerprint density at radius 3 is 2.45 bits per heavy atom. The molecule has 0 aromatic carbocycles. The molecule has 0 saturated carbocycles. The normalized spacial score (nSPS) is 12.6. The fourth-order valence-corrected chi connectivity index (χ4v) is 2.28. The molecular weight excluding hydrogens is 252 g/mol. The van der Waals surface area contributed by atoms with E-state index in [-0.39, 0.29) is 22.7 Å². The van der Waals surface area contributed by atoms with Crippen LogP contribution in [-0.4, -0.2) is 9.97 Å². The highest BCUT2D eigenvalue weighted by molar-refractivity contribution is 5.19. The minimum Gasteiger partial charge on any atom is -0.365 e. The van der Waals surface area contributed by atoms with Crippen LogP contribution in [0.25, 0.3) is 0 Å². The highest BCUT2D eigenvalue weighted by Crippen LogP contribution is 2.16. The number of hydrogen-bond donors (Lipinski definition) is 2. The summed E-state index contributed by atoms with van der Waals surface area (Å²) in [4.78, 5) is 29.6. The Kier molecular flexibility index (Phi) is 4.23. The number of H-pyrrole nitrogens is 2. The van der Waals surface area contributed by atoms with Gasteiger partial charge < -0.3 is 9.97 Å². The van der Waals surface area contributed by atoms with Crippen LogP contribution >= 0.6 is 0 Å². The van der Waals surface area contributed by atoms with E-state index in [9.17, 15) is 9.59 Å². The van der Waals surface area contributed by atoms with Crippen LogP contribution in [0.2, 0.25) is 0 Å². The summed E-state index contributed by atoms with van der Waals surface area (Å²) in [5.41, 5.74) is 2.63. The van der Waals surface area contributed by atoms with E-state index in [4.69, 9.17) is 0 Å². The number of pyridine rings is 2. The molecule has 0 saturated heterocycles. The van der Waals surface area contributed by atoms with Crippen LogP contribution in [-0.2, 0) is 6.42 Å². The molecule has 0 bridgehead atoms. The molecule has 1 atom stereocenters. The van der Waals surface area contributed by atoms with Crippen molar-refractivity contribution in [2.45, 2.75) is 39.0 Å². The minimum atomic E-state index is -0.00532. The van der Waals surface area contributed by atoms with Gasteiger partial charge in [-0.1, -0.05) is 20.8 Å². The van der Waals surface area contributed by atoms with E-state index in [0.717, 1.165) is 17.0 Å². The van der Waals surface area contributed by atoms with E-state index >= 15 is 0 Å². The van der Waals surface area contributed by atoms with E-state index in [1.54, 1.807) is 24.5 Å². The van der Waals surface area contributed by atoms with Crippen molar-refractivity contribution < 1.29 is 0 Å². The largest absolute Gasteiger partial charge is 0.365 e. The summed E-state index contributed by atoms with van der Waals surface area (Å²) < 4.78 is 0. The Bertz CT molecular complexity index is 698. The van der Waals surface area contributed by atoms with E-state index < -0.39 is 0 Å². The van der Waals surface area contributed by atoms with Gasteiger partial charge in [-0.3, -0.25) is 9.59 Å². The molecule has 106 valence electrons. The molecule has 0 aliphatic rings. The first-order chi connectivity index (χ1) is 9.47. The Hall–Kier alpha value is -2.10. The molecule has 0 aliphatic carbocycles. The van der Waals surface area contributed by atoms with E-state index in [1.165, 1.54) is 6.07 Å². The fraction of sp³-hybridized carbons (Fsp3) is 0.375. The maximum Gasteiger partial charge on any atom is 0.185 e. The molecule has 2 N–H and O–H groups in total. The highest BCUT2D eigenvalue weighted by atomic mass is 16.1. The van der Waals surface area contributed by atoms with Crippen molar-refractivity contribution in [3.05, 3.63) is 68.0 Å². The van der Waals surface area contributed by atoms with Crippen molar-refractivity contribution in [3.8, 4) is 0 Å². The molecule has 20 heavy (non-hydrogen) atoms. The molecule has 0 amide bonds. The number of aromatic amines is 2. The van der Waals surface area contributed by atoms with Crippen LogP contribution in [0, 0.1) is 0 Å². The second kappa shape index (κ2) is 5.90. The van der Waals surface area contributed by atoms with Crippen molar-refractivity contribution in [2.24, 2.45) is 0 Å². The quantitative estimate of drug-likeness (QED) is 0.898. The summed E-state index contributed by atoms with van der Waals surface area (Å²) in [6, 6.07) is 4.76. The van der Waals surface area contributed by atoms with Crippen LogP contribution in [0.3, 0.4) is 0 Å². The van der Waals surface area contributed by atoms with Gasteiger partial charge in [-0.05, 0) is 12.3 Å². The summed E-state index contributed by atoms with van der Waals surface area (Å²) in [7, 11) is 0. The maximum atomic E-state index is 12.0. The van der Waals surface area contributed by atoms with Crippen molar-refractivity contribution in [3.63, 3.8) is 0 Å². The topological polar surface area (TPSA) is 65.7 Å². The molecule has 2 heterocycles. The lowest BCUT2D eigenvalue weighted by Gasteiger charge is -2.12.